The van der Waals surface area contributed by atoms with Crippen molar-refractivity contribution in [2.24, 2.45) is 0 Å². The molecular formula is C7H13N3. The number of likely N-dealkylation sites (N-methyl/N-ethyl adjacent to an activating group) is 1. The molecule has 0 spiro atoms. The molecule has 1 rings (SSSR count). The van der Waals surface area contributed by atoms with Gasteiger partial charge in [0.05, 0.1) is 12.5 Å². The van der Waals surface area contributed by atoms with Crippen LogP contribution in [-0.2, 0) is 0 Å². The number of rotatable bonds is 1. The highest BCUT2D eigenvalue weighted by Crippen LogP contribution is 2.02. The molecule has 1 fully saturated rings. The Balaban J connectivity index is 2.34. The highest BCUT2D eigenvalue weighted by atomic mass is 15.2. The van der Waals surface area contributed by atoms with Gasteiger partial charge in [-0.3, -0.25) is 4.90 Å². The first kappa shape index (κ1) is 7.52. The number of piperazine rings is 1. The number of hydrogen-bond donors (Lipinski definition) is 1. The first-order chi connectivity index (χ1) is 4.84. The number of nitrogens with one attached hydrogen (secondary N) is 1. The molecule has 1 atom stereocenters. The Labute approximate surface area is 61.6 Å². The first-order valence-corrected chi connectivity index (χ1v) is 3.62. The molecule has 56 valence electrons. The average Bonchev–Trinajstić information content (AvgIpc) is 1.94. The molecule has 1 N–H and O–H groups in total. The maximum absolute atomic E-state index is 8.43. The van der Waals surface area contributed by atoms with Crippen molar-refractivity contribution in [2.75, 3.05) is 26.7 Å². The van der Waals surface area contributed by atoms with Crippen LogP contribution in [0.2, 0.25) is 0 Å². The summed E-state index contributed by atoms with van der Waals surface area (Å²) in [6, 6.07) is 2.62. The Morgan fingerprint density at radius 2 is 2.60 bits per heavy atom. The Morgan fingerprint density at radius 3 is 3.20 bits per heavy atom. The van der Waals surface area contributed by atoms with Gasteiger partial charge in [0.2, 0.25) is 0 Å². The van der Waals surface area contributed by atoms with Gasteiger partial charge in [0, 0.05) is 25.7 Å². The normalized spacial score (nSPS) is 27.8. The second-order valence-electron chi connectivity index (χ2n) is 2.70. The summed E-state index contributed by atoms with van der Waals surface area (Å²) in [5.74, 6) is 0. The molecule has 1 heterocycles. The Bertz CT molecular complexity index is 138. The molecular weight excluding hydrogens is 126 g/mol. The van der Waals surface area contributed by atoms with Crippen LogP contribution in [0.3, 0.4) is 0 Å². The fourth-order valence-electron chi connectivity index (χ4n) is 1.20. The van der Waals surface area contributed by atoms with Crippen LogP contribution < -0.4 is 5.32 Å². The minimum Gasteiger partial charge on any atom is -0.314 e. The molecule has 0 radical (unpaired) electrons. The van der Waals surface area contributed by atoms with Crippen LogP contribution in [0.15, 0.2) is 0 Å². The zero-order valence-corrected chi connectivity index (χ0v) is 6.30. The summed E-state index contributed by atoms with van der Waals surface area (Å²) in [7, 11) is 2.07. The van der Waals surface area contributed by atoms with Gasteiger partial charge in [-0.15, -0.1) is 0 Å². The highest BCUT2D eigenvalue weighted by Gasteiger charge is 2.16. The molecule has 0 aromatic carbocycles. The van der Waals surface area contributed by atoms with Gasteiger partial charge in [0.15, 0.2) is 0 Å². The average molecular weight is 139 g/mol. The largest absolute Gasteiger partial charge is 0.314 e. The van der Waals surface area contributed by atoms with Crippen LogP contribution in [0.25, 0.3) is 0 Å². The Kier molecular flexibility index (Phi) is 2.67. The fraction of sp³-hybridized carbons (Fsp3) is 0.857. The topological polar surface area (TPSA) is 39.1 Å². The summed E-state index contributed by atoms with van der Waals surface area (Å²) in [6.07, 6.45) is 0.642. The molecule has 3 nitrogen and oxygen atoms in total. The molecule has 1 aliphatic rings. The molecule has 0 saturated carbocycles. The van der Waals surface area contributed by atoms with Gasteiger partial charge in [0.1, 0.15) is 0 Å². The van der Waals surface area contributed by atoms with Crippen molar-refractivity contribution >= 4 is 0 Å². The van der Waals surface area contributed by atoms with Gasteiger partial charge < -0.3 is 5.32 Å². The molecule has 10 heavy (non-hydrogen) atoms. The molecule has 1 aliphatic heterocycles. The minimum atomic E-state index is 0.429. The van der Waals surface area contributed by atoms with E-state index in [0.717, 1.165) is 19.6 Å². The molecule has 0 amide bonds. The van der Waals surface area contributed by atoms with Crippen LogP contribution >= 0.6 is 0 Å². The van der Waals surface area contributed by atoms with E-state index >= 15 is 0 Å². The van der Waals surface area contributed by atoms with E-state index in [1.807, 2.05) is 0 Å². The van der Waals surface area contributed by atoms with Crippen LogP contribution in [0.1, 0.15) is 6.42 Å². The van der Waals surface area contributed by atoms with Crippen LogP contribution in [0.4, 0.5) is 0 Å². The maximum atomic E-state index is 8.43. The quantitative estimate of drug-likeness (QED) is 0.547. The number of nitrogens with zero attached hydrogens (tertiary/aromatic N) is 2. The van der Waals surface area contributed by atoms with E-state index in [1.165, 1.54) is 0 Å². The Hall–Kier alpha value is -0.590. The lowest BCUT2D eigenvalue weighted by Crippen LogP contribution is -2.48. The van der Waals surface area contributed by atoms with Gasteiger partial charge in [0.25, 0.3) is 0 Å². The van der Waals surface area contributed by atoms with Gasteiger partial charge in [-0.1, -0.05) is 0 Å². The highest BCUT2D eigenvalue weighted by molar-refractivity contribution is 4.85. The summed E-state index contributed by atoms with van der Waals surface area (Å²) in [4.78, 5) is 2.24. The third-order valence-corrected chi connectivity index (χ3v) is 1.97. The predicted molar refractivity (Wildman–Crippen MR) is 39.5 cm³/mol. The van der Waals surface area contributed by atoms with Crippen molar-refractivity contribution in [2.45, 2.75) is 12.5 Å². The van der Waals surface area contributed by atoms with Gasteiger partial charge >= 0.3 is 0 Å². The molecule has 0 bridgehead atoms. The number of nitriles is 1. The minimum absolute atomic E-state index is 0.429. The molecule has 0 aromatic rings. The summed E-state index contributed by atoms with van der Waals surface area (Å²) in [6.45, 7) is 3.08. The van der Waals surface area contributed by atoms with E-state index in [0.29, 0.717) is 12.5 Å². The van der Waals surface area contributed by atoms with Crippen LogP contribution in [-0.4, -0.2) is 37.6 Å². The van der Waals surface area contributed by atoms with E-state index in [-0.39, 0.29) is 0 Å². The lowest BCUT2D eigenvalue weighted by molar-refractivity contribution is 0.203. The van der Waals surface area contributed by atoms with Gasteiger partial charge in [-0.05, 0) is 7.05 Å². The third-order valence-electron chi connectivity index (χ3n) is 1.97. The van der Waals surface area contributed by atoms with Crippen LogP contribution in [0.5, 0.6) is 0 Å². The molecule has 3 heteroatoms. The first-order valence-electron chi connectivity index (χ1n) is 3.62. The smallest absolute Gasteiger partial charge is 0.0638 e. The van der Waals surface area contributed by atoms with Crippen molar-refractivity contribution in [1.82, 2.24) is 10.2 Å². The van der Waals surface area contributed by atoms with Crippen molar-refractivity contribution in [1.29, 1.82) is 5.26 Å². The van der Waals surface area contributed by atoms with E-state index in [4.69, 9.17) is 5.26 Å². The zero-order valence-electron chi connectivity index (χ0n) is 6.30. The molecule has 0 aromatic heterocycles. The lowest BCUT2D eigenvalue weighted by atomic mass is 10.1. The van der Waals surface area contributed by atoms with Crippen LogP contribution in [0, 0.1) is 11.3 Å². The summed E-state index contributed by atoms with van der Waals surface area (Å²) in [5.41, 5.74) is 0. The van der Waals surface area contributed by atoms with E-state index in [2.05, 4.69) is 23.3 Å². The zero-order chi connectivity index (χ0) is 7.40. The van der Waals surface area contributed by atoms with Crippen molar-refractivity contribution < 1.29 is 0 Å². The standard InChI is InChI=1S/C7H13N3/c1-10-5-4-9-6-7(10)2-3-8/h7,9H,2,4-6H2,1H3/t7-/m1/s1. The summed E-state index contributed by atoms with van der Waals surface area (Å²) >= 11 is 0. The monoisotopic (exact) mass is 139 g/mol. The van der Waals surface area contributed by atoms with Crippen molar-refractivity contribution in [3.8, 4) is 6.07 Å². The lowest BCUT2D eigenvalue weighted by Gasteiger charge is -2.31. The molecule has 1 saturated heterocycles. The SMILES string of the molecule is CN1CCNC[C@H]1CC#N. The predicted octanol–water partition coefficient (Wildman–Crippen LogP) is -0.196. The van der Waals surface area contributed by atoms with E-state index in [1.54, 1.807) is 0 Å². The Morgan fingerprint density at radius 1 is 1.80 bits per heavy atom. The maximum Gasteiger partial charge on any atom is 0.0638 e. The van der Waals surface area contributed by atoms with Crippen molar-refractivity contribution in [3.63, 3.8) is 0 Å². The number of hydrogen-bond acceptors (Lipinski definition) is 3. The molecule has 0 unspecified atom stereocenters. The second kappa shape index (κ2) is 3.55. The summed E-state index contributed by atoms with van der Waals surface area (Å²) < 4.78 is 0. The fourth-order valence-corrected chi connectivity index (χ4v) is 1.20. The van der Waals surface area contributed by atoms with E-state index < -0.39 is 0 Å². The van der Waals surface area contributed by atoms with E-state index in [9.17, 15) is 0 Å². The van der Waals surface area contributed by atoms with Crippen molar-refractivity contribution in [3.05, 3.63) is 0 Å². The van der Waals surface area contributed by atoms with Gasteiger partial charge in [-0.2, -0.15) is 5.26 Å². The van der Waals surface area contributed by atoms with Gasteiger partial charge in [-0.25, -0.2) is 0 Å². The third kappa shape index (κ3) is 1.69. The molecule has 0 aliphatic carbocycles. The summed E-state index contributed by atoms with van der Waals surface area (Å²) in [5, 5.41) is 11.7. The second-order valence-corrected chi connectivity index (χ2v) is 2.70.